The second kappa shape index (κ2) is 12.2. The maximum Gasteiger partial charge on any atom is 0.307 e. The van der Waals surface area contributed by atoms with E-state index in [1.807, 2.05) is 24.3 Å². The number of carboxylic acid groups (broad SMARTS) is 1. The van der Waals surface area contributed by atoms with Crippen LogP contribution in [0.1, 0.15) is 5.56 Å². The molecule has 0 atom stereocenters. The number of carboxylic acids is 1. The Hall–Kier alpha value is -5.07. The van der Waals surface area contributed by atoms with Crippen molar-refractivity contribution in [2.45, 2.75) is 6.42 Å². The highest BCUT2D eigenvalue weighted by Crippen LogP contribution is 2.27. The van der Waals surface area contributed by atoms with Gasteiger partial charge >= 0.3 is 5.97 Å². The molecule has 40 heavy (non-hydrogen) atoms. The van der Waals surface area contributed by atoms with Gasteiger partial charge in [-0.2, -0.15) is 0 Å². The minimum Gasteiger partial charge on any atom is -0.481 e. The molecule has 198 valence electrons. The van der Waals surface area contributed by atoms with Gasteiger partial charge in [0.2, 0.25) is 11.6 Å². The lowest BCUT2D eigenvalue weighted by Crippen LogP contribution is -2.03. The van der Waals surface area contributed by atoms with Gasteiger partial charge in [-0.15, -0.1) is 30.0 Å². The third kappa shape index (κ3) is 6.31. The van der Waals surface area contributed by atoms with Crippen LogP contribution in [-0.4, -0.2) is 61.5 Å². The Morgan fingerprint density at radius 3 is 1.88 bits per heavy atom. The minimum absolute atomic E-state index is 0.0460. The summed E-state index contributed by atoms with van der Waals surface area (Å²) >= 11 is 12.2. The lowest BCUT2D eigenvalue weighted by molar-refractivity contribution is -0.136. The van der Waals surface area contributed by atoms with Crippen molar-refractivity contribution < 1.29 is 9.90 Å². The Morgan fingerprint density at radius 2 is 1.30 bits per heavy atom. The molecule has 12 nitrogen and oxygen atoms in total. The van der Waals surface area contributed by atoms with Gasteiger partial charge in [0.25, 0.3) is 0 Å². The van der Waals surface area contributed by atoms with Crippen molar-refractivity contribution in [3.8, 4) is 34.4 Å². The summed E-state index contributed by atoms with van der Waals surface area (Å²) in [6.07, 6.45) is 3.28. The second-order valence-electron chi connectivity index (χ2n) is 8.05. The van der Waals surface area contributed by atoms with Gasteiger partial charge < -0.3 is 5.11 Å². The number of para-hydroxylation sites is 1. The Bertz CT molecular complexity index is 1720. The molecule has 0 bridgehead atoms. The standard InChI is InChI=1S/C14H11N5O2.C12H7Cl2N5/c20-13(21)9-10-4-3-5-11(8-10)19-17-14(16-18-19)12-6-1-2-7-15-12;13-8-4-3-5-9(14)11(8)19-17-12(16-18-19)10-6-1-2-7-15-10/h1-8H,9H2,(H,20,21);1-7H. The maximum absolute atomic E-state index is 10.7. The highest BCUT2D eigenvalue weighted by molar-refractivity contribution is 6.37. The van der Waals surface area contributed by atoms with Gasteiger partial charge in [-0.25, -0.2) is 0 Å². The lowest BCUT2D eigenvalue weighted by Gasteiger charge is -2.03. The third-order valence-electron chi connectivity index (χ3n) is 5.25. The molecule has 0 amide bonds. The predicted octanol–water partition coefficient (Wildman–Crippen LogP) is 4.38. The summed E-state index contributed by atoms with van der Waals surface area (Å²) < 4.78 is 0. The molecule has 2 aromatic carbocycles. The number of pyridine rings is 2. The normalized spacial score (nSPS) is 10.6. The number of halogens is 2. The summed E-state index contributed by atoms with van der Waals surface area (Å²) in [6.45, 7) is 0. The number of aromatic nitrogens is 10. The van der Waals surface area contributed by atoms with E-state index in [1.54, 1.807) is 67.0 Å². The van der Waals surface area contributed by atoms with E-state index in [9.17, 15) is 4.79 Å². The Morgan fingerprint density at radius 1 is 0.725 bits per heavy atom. The average molecular weight is 573 g/mol. The molecule has 0 aliphatic rings. The molecule has 4 aromatic heterocycles. The van der Waals surface area contributed by atoms with Crippen molar-refractivity contribution in [2.24, 2.45) is 0 Å². The van der Waals surface area contributed by atoms with E-state index < -0.39 is 5.97 Å². The van der Waals surface area contributed by atoms with Crippen LogP contribution in [0.4, 0.5) is 0 Å². The van der Waals surface area contributed by atoms with E-state index in [0.717, 1.165) is 0 Å². The molecule has 1 N–H and O–H groups in total. The Labute approximate surface area is 236 Å². The van der Waals surface area contributed by atoms with Crippen LogP contribution in [-0.2, 0) is 11.2 Å². The van der Waals surface area contributed by atoms with Crippen LogP contribution < -0.4 is 0 Å². The molecule has 6 rings (SSSR count). The first kappa shape index (κ1) is 26.5. The fraction of sp³-hybridized carbons (Fsp3) is 0.0385. The molecule has 0 aliphatic heterocycles. The summed E-state index contributed by atoms with van der Waals surface area (Å²) in [6, 6.07) is 23.1. The molecule has 14 heteroatoms. The summed E-state index contributed by atoms with van der Waals surface area (Å²) in [5.74, 6) is -0.0521. The fourth-order valence-corrected chi connectivity index (χ4v) is 4.02. The van der Waals surface area contributed by atoms with E-state index >= 15 is 0 Å². The number of rotatable bonds is 6. The topological polar surface area (TPSA) is 150 Å². The van der Waals surface area contributed by atoms with Crippen molar-refractivity contribution in [1.29, 1.82) is 0 Å². The zero-order valence-corrected chi connectivity index (χ0v) is 22.0. The number of benzene rings is 2. The SMILES string of the molecule is Clc1cccc(Cl)c1-n1nnc(-c2ccccn2)n1.O=C(O)Cc1cccc(-n2nnc(-c3ccccn3)n2)c1. The van der Waals surface area contributed by atoms with Crippen molar-refractivity contribution in [3.63, 3.8) is 0 Å². The molecule has 4 heterocycles. The van der Waals surface area contributed by atoms with Gasteiger partial charge in [0, 0.05) is 12.4 Å². The molecule has 0 radical (unpaired) electrons. The van der Waals surface area contributed by atoms with Crippen LogP contribution in [0.5, 0.6) is 0 Å². The number of tetrazole rings is 2. The van der Waals surface area contributed by atoms with E-state index in [0.29, 0.717) is 50.0 Å². The zero-order chi connectivity index (χ0) is 27.9. The van der Waals surface area contributed by atoms with E-state index in [2.05, 4.69) is 40.8 Å². The van der Waals surface area contributed by atoms with E-state index in [-0.39, 0.29) is 6.42 Å². The van der Waals surface area contributed by atoms with Crippen molar-refractivity contribution in [3.05, 3.63) is 107 Å². The number of hydrogen-bond donors (Lipinski definition) is 1. The van der Waals surface area contributed by atoms with E-state index in [1.165, 1.54) is 9.59 Å². The largest absolute Gasteiger partial charge is 0.481 e. The Balaban J connectivity index is 0.000000162. The molecule has 0 aliphatic carbocycles. The molecule has 0 saturated heterocycles. The quantitative estimate of drug-likeness (QED) is 0.304. The van der Waals surface area contributed by atoms with Crippen LogP contribution in [0.3, 0.4) is 0 Å². The molecule has 0 spiro atoms. The average Bonchev–Trinajstić information content (AvgIpc) is 3.65. The zero-order valence-electron chi connectivity index (χ0n) is 20.5. The highest BCUT2D eigenvalue weighted by Gasteiger charge is 2.13. The molecule has 6 aromatic rings. The summed E-state index contributed by atoms with van der Waals surface area (Å²) in [7, 11) is 0. The number of hydrogen-bond acceptors (Lipinski definition) is 9. The number of nitrogens with zero attached hydrogens (tertiary/aromatic N) is 10. The van der Waals surface area contributed by atoms with Crippen LogP contribution in [0.2, 0.25) is 10.0 Å². The van der Waals surface area contributed by atoms with Gasteiger partial charge in [0.15, 0.2) is 0 Å². The summed E-state index contributed by atoms with van der Waals surface area (Å²) in [4.78, 5) is 21.7. The molecule has 0 unspecified atom stereocenters. The number of aliphatic carboxylic acids is 1. The smallest absolute Gasteiger partial charge is 0.307 e. The monoisotopic (exact) mass is 572 g/mol. The van der Waals surface area contributed by atoms with Gasteiger partial charge in [-0.1, -0.05) is 53.5 Å². The van der Waals surface area contributed by atoms with Crippen molar-refractivity contribution >= 4 is 29.2 Å². The summed E-state index contributed by atoms with van der Waals surface area (Å²) in [5.41, 5.74) is 3.10. The maximum atomic E-state index is 10.7. The van der Waals surface area contributed by atoms with Gasteiger partial charge in [0.1, 0.15) is 17.1 Å². The first-order chi connectivity index (χ1) is 19.5. The number of carbonyl (C=O) groups is 1. The van der Waals surface area contributed by atoms with Crippen LogP contribution in [0.15, 0.2) is 91.3 Å². The van der Waals surface area contributed by atoms with Gasteiger partial charge in [-0.05, 0) is 64.5 Å². The minimum atomic E-state index is -0.882. The van der Waals surface area contributed by atoms with Crippen LogP contribution in [0, 0.1) is 0 Å². The van der Waals surface area contributed by atoms with Gasteiger partial charge in [0.05, 0.1) is 22.2 Å². The lowest BCUT2D eigenvalue weighted by atomic mass is 10.1. The van der Waals surface area contributed by atoms with Crippen molar-refractivity contribution in [1.82, 2.24) is 50.4 Å². The van der Waals surface area contributed by atoms with E-state index in [4.69, 9.17) is 28.3 Å². The predicted molar refractivity (Wildman–Crippen MR) is 146 cm³/mol. The highest BCUT2D eigenvalue weighted by atomic mass is 35.5. The van der Waals surface area contributed by atoms with Gasteiger partial charge in [-0.3, -0.25) is 14.8 Å². The van der Waals surface area contributed by atoms with Crippen molar-refractivity contribution in [2.75, 3.05) is 0 Å². The molecule has 0 saturated carbocycles. The molecular weight excluding hydrogens is 555 g/mol. The third-order valence-corrected chi connectivity index (χ3v) is 5.86. The first-order valence-electron chi connectivity index (χ1n) is 11.7. The molecule has 0 fully saturated rings. The van der Waals surface area contributed by atoms with Crippen LogP contribution >= 0.6 is 23.2 Å². The summed E-state index contributed by atoms with van der Waals surface area (Å²) in [5, 5.41) is 34.1. The van der Waals surface area contributed by atoms with Crippen LogP contribution in [0.25, 0.3) is 34.4 Å². The Kier molecular flexibility index (Phi) is 8.09. The fourth-order valence-electron chi connectivity index (χ4n) is 3.47. The first-order valence-corrected chi connectivity index (χ1v) is 12.4. The second-order valence-corrected chi connectivity index (χ2v) is 8.86. The molecular formula is C26H18Cl2N10O2.